The van der Waals surface area contributed by atoms with Gasteiger partial charge in [0.2, 0.25) is 0 Å². The summed E-state index contributed by atoms with van der Waals surface area (Å²) in [6.45, 7) is 6.34. The van der Waals surface area contributed by atoms with Crippen molar-refractivity contribution in [3.8, 4) is 0 Å². The third-order valence-electron chi connectivity index (χ3n) is 3.56. The molecule has 1 atom stereocenters. The first-order chi connectivity index (χ1) is 11.7. The quantitative estimate of drug-likeness (QED) is 0.264. The summed E-state index contributed by atoms with van der Waals surface area (Å²) < 4.78 is 5.67. The highest BCUT2D eigenvalue weighted by Crippen LogP contribution is 2.16. The molecule has 138 valence electrons. The second-order valence-corrected chi connectivity index (χ2v) is 7.17. The third kappa shape index (κ3) is 8.69. The average Bonchev–Trinajstić information content (AvgIpc) is 2.99. The van der Waals surface area contributed by atoms with Crippen molar-refractivity contribution in [3.63, 3.8) is 0 Å². The summed E-state index contributed by atoms with van der Waals surface area (Å²) in [6, 6.07) is 14.9. The van der Waals surface area contributed by atoms with E-state index in [4.69, 9.17) is 4.74 Å². The Balaban J connectivity index is 0.00000312. The van der Waals surface area contributed by atoms with Gasteiger partial charge in [-0.3, -0.25) is 4.99 Å². The topological polar surface area (TPSA) is 45.7 Å². The summed E-state index contributed by atoms with van der Waals surface area (Å²) in [5.74, 6) is 0.819. The summed E-state index contributed by atoms with van der Waals surface area (Å²) in [5, 5.41) is 6.72. The van der Waals surface area contributed by atoms with E-state index in [1.54, 1.807) is 7.05 Å². The van der Waals surface area contributed by atoms with Gasteiger partial charge in [-0.15, -0.1) is 35.3 Å². The van der Waals surface area contributed by atoms with E-state index in [0.717, 1.165) is 18.9 Å². The van der Waals surface area contributed by atoms with Crippen molar-refractivity contribution >= 4 is 41.3 Å². The van der Waals surface area contributed by atoms with E-state index in [1.165, 1.54) is 15.3 Å². The summed E-state index contributed by atoms with van der Waals surface area (Å²) in [6.07, 6.45) is 1.00. The Morgan fingerprint density at radius 1 is 1.20 bits per heavy atom. The molecule has 0 spiro atoms. The molecular weight excluding hydrogens is 445 g/mol. The van der Waals surface area contributed by atoms with Crippen LogP contribution in [0, 0.1) is 6.92 Å². The van der Waals surface area contributed by atoms with Gasteiger partial charge < -0.3 is 15.4 Å². The van der Waals surface area contributed by atoms with Crippen molar-refractivity contribution in [1.29, 1.82) is 0 Å². The number of benzene rings is 1. The van der Waals surface area contributed by atoms with Crippen molar-refractivity contribution in [3.05, 3.63) is 57.8 Å². The SMILES string of the molecule is CN=C(NCCOCc1ccccc1)NC(C)Cc1ccc(C)s1.I. The van der Waals surface area contributed by atoms with Crippen LogP contribution in [-0.4, -0.2) is 32.2 Å². The molecule has 0 aliphatic carbocycles. The lowest BCUT2D eigenvalue weighted by atomic mass is 10.2. The third-order valence-corrected chi connectivity index (χ3v) is 4.58. The highest BCUT2D eigenvalue weighted by molar-refractivity contribution is 14.0. The number of halogens is 1. The van der Waals surface area contributed by atoms with Gasteiger partial charge >= 0.3 is 0 Å². The number of hydrogen-bond donors (Lipinski definition) is 2. The van der Waals surface area contributed by atoms with Gasteiger partial charge in [0.1, 0.15) is 0 Å². The molecule has 1 aromatic carbocycles. The molecule has 2 N–H and O–H groups in total. The smallest absolute Gasteiger partial charge is 0.191 e. The Morgan fingerprint density at radius 3 is 2.60 bits per heavy atom. The monoisotopic (exact) mass is 473 g/mol. The van der Waals surface area contributed by atoms with Gasteiger partial charge in [0.15, 0.2) is 5.96 Å². The molecule has 2 aromatic rings. The lowest BCUT2D eigenvalue weighted by molar-refractivity contribution is 0.125. The summed E-state index contributed by atoms with van der Waals surface area (Å²) >= 11 is 1.85. The largest absolute Gasteiger partial charge is 0.375 e. The number of rotatable bonds is 8. The van der Waals surface area contributed by atoms with Crippen molar-refractivity contribution in [2.45, 2.75) is 32.9 Å². The molecule has 0 saturated heterocycles. The maximum atomic E-state index is 5.67. The maximum absolute atomic E-state index is 5.67. The first kappa shape index (κ1) is 21.9. The van der Waals surface area contributed by atoms with Crippen LogP contribution in [0.2, 0.25) is 0 Å². The zero-order valence-electron chi connectivity index (χ0n) is 15.1. The first-order valence-electron chi connectivity index (χ1n) is 8.31. The van der Waals surface area contributed by atoms with Crippen molar-refractivity contribution in [2.24, 2.45) is 4.99 Å². The van der Waals surface area contributed by atoms with Crippen LogP contribution in [0.4, 0.5) is 0 Å². The summed E-state index contributed by atoms with van der Waals surface area (Å²) in [5.41, 5.74) is 1.19. The Kier molecular flexibility index (Phi) is 10.8. The molecule has 4 nitrogen and oxygen atoms in total. The van der Waals surface area contributed by atoms with Gasteiger partial charge in [0.05, 0.1) is 13.2 Å². The lowest BCUT2D eigenvalue weighted by Crippen LogP contribution is -2.44. The molecule has 0 fully saturated rings. The van der Waals surface area contributed by atoms with E-state index in [-0.39, 0.29) is 24.0 Å². The molecule has 0 aliphatic rings. The first-order valence-corrected chi connectivity index (χ1v) is 9.13. The summed E-state index contributed by atoms with van der Waals surface area (Å²) in [7, 11) is 1.79. The van der Waals surface area contributed by atoms with Crippen LogP contribution in [0.1, 0.15) is 22.2 Å². The van der Waals surface area contributed by atoms with Crippen molar-refractivity contribution in [2.75, 3.05) is 20.2 Å². The van der Waals surface area contributed by atoms with E-state index in [0.29, 0.717) is 19.3 Å². The number of guanidine groups is 1. The van der Waals surface area contributed by atoms with Gasteiger partial charge in [0.25, 0.3) is 0 Å². The van der Waals surface area contributed by atoms with Gasteiger partial charge in [-0.1, -0.05) is 30.3 Å². The normalized spacial score (nSPS) is 12.4. The summed E-state index contributed by atoms with van der Waals surface area (Å²) in [4.78, 5) is 7.03. The van der Waals surface area contributed by atoms with E-state index >= 15 is 0 Å². The molecular formula is C19H28IN3OS. The fraction of sp³-hybridized carbons (Fsp3) is 0.421. The second kappa shape index (κ2) is 12.3. The molecule has 0 aliphatic heterocycles. The molecule has 6 heteroatoms. The number of thiophene rings is 1. The molecule has 25 heavy (non-hydrogen) atoms. The number of ether oxygens (including phenoxy) is 1. The second-order valence-electron chi connectivity index (χ2n) is 5.80. The number of nitrogens with zero attached hydrogens (tertiary/aromatic N) is 1. The fourth-order valence-corrected chi connectivity index (χ4v) is 3.40. The van der Waals surface area contributed by atoms with Gasteiger partial charge in [-0.25, -0.2) is 0 Å². The van der Waals surface area contributed by atoms with Crippen LogP contribution in [0.25, 0.3) is 0 Å². The highest BCUT2D eigenvalue weighted by atomic mass is 127. The zero-order valence-corrected chi connectivity index (χ0v) is 18.3. The Morgan fingerprint density at radius 2 is 1.96 bits per heavy atom. The molecule has 1 aromatic heterocycles. The minimum absolute atomic E-state index is 0. The van der Waals surface area contributed by atoms with Crippen LogP contribution < -0.4 is 10.6 Å². The Hall–Kier alpha value is -1.12. The number of nitrogens with one attached hydrogen (secondary N) is 2. The Bertz CT molecular complexity index is 631. The molecule has 0 bridgehead atoms. The predicted molar refractivity (Wildman–Crippen MR) is 118 cm³/mol. The molecule has 2 rings (SSSR count). The van der Waals surface area contributed by atoms with E-state index in [2.05, 4.69) is 53.7 Å². The van der Waals surface area contributed by atoms with Crippen LogP contribution in [-0.2, 0) is 17.8 Å². The van der Waals surface area contributed by atoms with Crippen LogP contribution >= 0.6 is 35.3 Å². The maximum Gasteiger partial charge on any atom is 0.191 e. The minimum Gasteiger partial charge on any atom is -0.375 e. The van der Waals surface area contributed by atoms with E-state index in [1.807, 2.05) is 29.5 Å². The minimum atomic E-state index is 0. The Labute approximate surface area is 172 Å². The molecule has 0 radical (unpaired) electrons. The molecule has 0 amide bonds. The van der Waals surface area contributed by atoms with Crippen molar-refractivity contribution in [1.82, 2.24) is 10.6 Å². The van der Waals surface area contributed by atoms with Crippen LogP contribution in [0.3, 0.4) is 0 Å². The van der Waals surface area contributed by atoms with Crippen LogP contribution in [0.5, 0.6) is 0 Å². The number of aryl methyl sites for hydroxylation is 1. The van der Waals surface area contributed by atoms with Gasteiger partial charge in [-0.05, 0) is 31.5 Å². The highest BCUT2D eigenvalue weighted by Gasteiger charge is 2.07. The molecule has 1 heterocycles. The van der Waals surface area contributed by atoms with E-state index in [9.17, 15) is 0 Å². The predicted octanol–water partition coefficient (Wildman–Crippen LogP) is 3.99. The fourth-order valence-electron chi connectivity index (χ4n) is 2.38. The average molecular weight is 473 g/mol. The van der Waals surface area contributed by atoms with E-state index < -0.39 is 0 Å². The number of hydrogen-bond acceptors (Lipinski definition) is 3. The van der Waals surface area contributed by atoms with Gasteiger partial charge in [-0.2, -0.15) is 0 Å². The van der Waals surface area contributed by atoms with Crippen LogP contribution in [0.15, 0.2) is 47.5 Å². The zero-order chi connectivity index (χ0) is 17.2. The molecule has 0 saturated carbocycles. The lowest BCUT2D eigenvalue weighted by Gasteiger charge is -2.17. The number of aliphatic imine (C=N–C) groups is 1. The van der Waals surface area contributed by atoms with Gasteiger partial charge in [0, 0.05) is 35.8 Å². The van der Waals surface area contributed by atoms with Crippen molar-refractivity contribution < 1.29 is 4.74 Å². The standard InChI is InChI=1S/C19H27N3OS.HI/c1-15(13-18-10-9-16(2)24-18)22-19(20-3)21-11-12-23-14-17-7-5-4-6-8-17;/h4-10,15H,11-14H2,1-3H3,(H2,20,21,22);1H. The molecule has 1 unspecified atom stereocenters.